The van der Waals surface area contributed by atoms with Crippen LogP contribution in [0.3, 0.4) is 0 Å². The van der Waals surface area contributed by atoms with E-state index in [0.717, 1.165) is 67.2 Å². The number of carbonyl (C=O) groups excluding carboxylic acids is 2. The van der Waals surface area contributed by atoms with E-state index in [-0.39, 0.29) is 16.6 Å². The Hall–Kier alpha value is -2.22. The highest BCUT2D eigenvalue weighted by Gasteiger charge is 2.51. The number of amides is 2. The van der Waals surface area contributed by atoms with E-state index in [1.165, 1.54) is 0 Å². The number of rotatable bonds is 7. The predicted octanol–water partition coefficient (Wildman–Crippen LogP) is 4.42. The number of likely N-dealkylation sites (tertiary alicyclic amines) is 1. The maximum Gasteiger partial charge on any atom is 0.238 e. The molecule has 6 nitrogen and oxygen atoms in total. The number of anilines is 1. The van der Waals surface area contributed by atoms with Gasteiger partial charge in [0.1, 0.15) is 12.4 Å². The van der Waals surface area contributed by atoms with Crippen LogP contribution in [0.25, 0.3) is 0 Å². The first-order chi connectivity index (χ1) is 16.3. The SMILES string of the molecule is CN(C)C(=O)C1(Sc2ccc(OCCN3CCC4(CC3)C(=O)Nc3ccc(Cl)cc34)cc2)CC1. The number of ether oxygens (including phenoxy) is 1. The highest BCUT2D eigenvalue weighted by Crippen LogP contribution is 2.52. The maximum atomic E-state index is 12.8. The van der Waals surface area contributed by atoms with Crippen molar-refractivity contribution in [2.75, 3.05) is 45.7 Å². The summed E-state index contributed by atoms with van der Waals surface area (Å²) < 4.78 is 5.70. The van der Waals surface area contributed by atoms with Crippen LogP contribution in [0.2, 0.25) is 5.02 Å². The Morgan fingerprint density at radius 3 is 2.47 bits per heavy atom. The maximum absolute atomic E-state index is 12.8. The van der Waals surface area contributed by atoms with Crippen LogP contribution in [0.1, 0.15) is 31.2 Å². The quantitative estimate of drug-likeness (QED) is 0.611. The number of thioether (sulfide) groups is 1. The normalized spacial score (nSPS) is 20.0. The molecule has 1 N–H and O–H groups in total. The van der Waals surface area contributed by atoms with Gasteiger partial charge in [-0.25, -0.2) is 0 Å². The van der Waals surface area contributed by atoms with Gasteiger partial charge in [0.05, 0.1) is 10.2 Å². The molecule has 1 saturated carbocycles. The number of benzene rings is 2. The Kier molecular flexibility index (Phi) is 6.29. The largest absolute Gasteiger partial charge is 0.492 e. The fourth-order valence-corrected chi connectivity index (χ4v) is 6.51. The Bertz CT molecular complexity index is 1090. The molecule has 2 aromatic carbocycles. The van der Waals surface area contributed by atoms with Crippen molar-refractivity contribution in [2.24, 2.45) is 0 Å². The summed E-state index contributed by atoms with van der Waals surface area (Å²) in [4.78, 5) is 30.3. The molecule has 2 heterocycles. The third-order valence-corrected chi connectivity index (χ3v) is 8.92. The van der Waals surface area contributed by atoms with Gasteiger partial charge in [-0.1, -0.05) is 11.6 Å². The zero-order chi connectivity index (χ0) is 23.9. The van der Waals surface area contributed by atoms with Gasteiger partial charge in [-0.3, -0.25) is 14.5 Å². The van der Waals surface area contributed by atoms with Crippen LogP contribution in [0.15, 0.2) is 47.4 Å². The highest BCUT2D eigenvalue weighted by atomic mass is 35.5. The molecule has 1 saturated heterocycles. The van der Waals surface area contributed by atoms with Gasteiger partial charge >= 0.3 is 0 Å². The van der Waals surface area contributed by atoms with Gasteiger partial charge in [-0.2, -0.15) is 0 Å². The van der Waals surface area contributed by atoms with Gasteiger partial charge in [0.15, 0.2) is 0 Å². The van der Waals surface area contributed by atoms with Crippen molar-refractivity contribution in [2.45, 2.75) is 40.7 Å². The molecule has 1 spiro atoms. The first-order valence-electron chi connectivity index (χ1n) is 11.8. The molecule has 0 atom stereocenters. The van der Waals surface area contributed by atoms with Crippen LogP contribution in [0.5, 0.6) is 5.75 Å². The van der Waals surface area contributed by atoms with Crippen molar-refractivity contribution in [1.29, 1.82) is 0 Å². The number of piperidine rings is 1. The van der Waals surface area contributed by atoms with E-state index in [1.54, 1.807) is 16.7 Å². The molecule has 2 fully saturated rings. The highest BCUT2D eigenvalue weighted by molar-refractivity contribution is 8.01. The zero-order valence-electron chi connectivity index (χ0n) is 19.6. The molecule has 0 unspecified atom stereocenters. The average Bonchev–Trinajstić information content (AvgIpc) is 3.56. The lowest BCUT2D eigenvalue weighted by Gasteiger charge is -2.38. The van der Waals surface area contributed by atoms with E-state index in [2.05, 4.69) is 10.2 Å². The number of nitrogens with one attached hydrogen (secondary N) is 1. The lowest BCUT2D eigenvalue weighted by molar-refractivity contribution is -0.128. The molecule has 0 radical (unpaired) electrons. The smallest absolute Gasteiger partial charge is 0.238 e. The van der Waals surface area contributed by atoms with Crippen LogP contribution in [0.4, 0.5) is 5.69 Å². The predicted molar refractivity (Wildman–Crippen MR) is 136 cm³/mol. The topological polar surface area (TPSA) is 61.9 Å². The molecular weight excluding hydrogens is 470 g/mol. The summed E-state index contributed by atoms with van der Waals surface area (Å²) in [6.45, 7) is 3.11. The van der Waals surface area contributed by atoms with E-state index in [9.17, 15) is 9.59 Å². The molecular formula is C26H30ClN3O3S. The lowest BCUT2D eigenvalue weighted by Crippen LogP contribution is -2.47. The van der Waals surface area contributed by atoms with Gasteiger partial charge < -0.3 is 15.0 Å². The summed E-state index contributed by atoms with van der Waals surface area (Å²) in [5.41, 5.74) is 1.48. The van der Waals surface area contributed by atoms with Crippen LogP contribution >= 0.6 is 23.4 Å². The van der Waals surface area contributed by atoms with E-state index in [1.807, 2.05) is 56.6 Å². The summed E-state index contributed by atoms with van der Waals surface area (Å²) >= 11 is 7.87. The summed E-state index contributed by atoms with van der Waals surface area (Å²) in [5.74, 6) is 1.13. The number of halogens is 1. The minimum absolute atomic E-state index is 0.0962. The van der Waals surface area contributed by atoms with Crippen molar-refractivity contribution in [3.05, 3.63) is 53.1 Å². The van der Waals surface area contributed by atoms with Gasteiger partial charge in [0.25, 0.3) is 0 Å². The second-order valence-corrected chi connectivity index (χ2v) is 11.6. The number of hydrogen-bond acceptors (Lipinski definition) is 5. The van der Waals surface area contributed by atoms with Crippen LogP contribution in [-0.2, 0) is 15.0 Å². The molecule has 180 valence electrons. The second kappa shape index (κ2) is 9.10. The van der Waals surface area contributed by atoms with Crippen molar-refractivity contribution in [1.82, 2.24) is 9.80 Å². The van der Waals surface area contributed by atoms with Crippen LogP contribution in [-0.4, -0.2) is 66.7 Å². The molecule has 8 heteroatoms. The Morgan fingerprint density at radius 2 is 1.82 bits per heavy atom. The lowest BCUT2D eigenvalue weighted by atomic mass is 9.73. The van der Waals surface area contributed by atoms with Crippen molar-refractivity contribution < 1.29 is 14.3 Å². The van der Waals surface area contributed by atoms with Crippen molar-refractivity contribution >= 4 is 40.9 Å². The van der Waals surface area contributed by atoms with Crippen molar-refractivity contribution in [3.8, 4) is 5.75 Å². The first-order valence-corrected chi connectivity index (χ1v) is 13.0. The molecule has 0 bridgehead atoms. The van der Waals surface area contributed by atoms with Crippen LogP contribution in [0, 0.1) is 0 Å². The molecule has 0 aromatic heterocycles. The van der Waals surface area contributed by atoms with E-state index < -0.39 is 5.41 Å². The fourth-order valence-electron chi connectivity index (χ4n) is 5.04. The fraction of sp³-hybridized carbons (Fsp3) is 0.462. The molecule has 5 rings (SSSR count). The second-order valence-electron chi connectivity index (χ2n) is 9.68. The minimum atomic E-state index is -0.460. The number of fused-ring (bicyclic) bond motifs is 2. The Labute approximate surface area is 210 Å². The molecule has 1 aliphatic carbocycles. The Morgan fingerprint density at radius 1 is 1.12 bits per heavy atom. The summed E-state index contributed by atoms with van der Waals surface area (Å²) in [5, 5.41) is 3.71. The summed E-state index contributed by atoms with van der Waals surface area (Å²) in [7, 11) is 3.64. The third kappa shape index (κ3) is 4.41. The number of carbonyl (C=O) groups is 2. The third-order valence-electron chi connectivity index (χ3n) is 7.20. The van der Waals surface area contributed by atoms with E-state index in [0.29, 0.717) is 11.6 Å². The van der Waals surface area contributed by atoms with Gasteiger partial charge in [-0.15, -0.1) is 11.8 Å². The van der Waals surface area contributed by atoms with Gasteiger partial charge in [0.2, 0.25) is 11.8 Å². The molecule has 2 amide bonds. The van der Waals surface area contributed by atoms with Crippen molar-refractivity contribution in [3.63, 3.8) is 0 Å². The van der Waals surface area contributed by atoms with Crippen LogP contribution < -0.4 is 10.1 Å². The molecule has 2 aliphatic heterocycles. The monoisotopic (exact) mass is 499 g/mol. The first kappa shape index (κ1) is 23.5. The van der Waals surface area contributed by atoms with E-state index in [4.69, 9.17) is 16.3 Å². The molecule has 34 heavy (non-hydrogen) atoms. The molecule has 3 aliphatic rings. The van der Waals surface area contributed by atoms with E-state index >= 15 is 0 Å². The zero-order valence-corrected chi connectivity index (χ0v) is 21.2. The minimum Gasteiger partial charge on any atom is -0.492 e. The Balaban J connectivity index is 1.10. The number of nitrogens with zero attached hydrogens (tertiary/aromatic N) is 2. The van der Waals surface area contributed by atoms with Gasteiger partial charge in [0, 0.05) is 36.2 Å². The number of hydrogen-bond donors (Lipinski definition) is 1. The molecule has 2 aromatic rings. The summed E-state index contributed by atoms with van der Waals surface area (Å²) in [6.07, 6.45) is 3.44. The van der Waals surface area contributed by atoms with Gasteiger partial charge in [-0.05, 0) is 86.8 Å². The average molecular weight is 500 g/mol. The summed E-state index contributed by atoms with van der Waals surface area (Å²) in [6, 6.07) is 13.7. The standard InChI is InChI=1S/C26H30ClN3O3S/c1-29(2)24(32)26(9-10-26)34-20-6-4-19(5-7-20)33-16-15-30-13-11-25(12-14-30)21-17-18(27)3-8-22(21)28-23(25)31/h3-8,17H,9-16H2,1-2H3,(H,28,31).